The molecule has 3 rings (SSSR count). The molecule has 1 N–H and O–H groups in total. The summed E-state index contributed by atoms with van der Waals surface area (Å²) in [4.78, 5) is 24.8. The van der Waals surface area contributed by atoms with Crippen LogP contribution in [0.4, 0.5) is 5.69 Å². The SMILES string of the molecule is COc1ccc(OC)c(NC(=O)C(C)OC(=O)Cc2ccc(-c3ccccc3)cc2)c1. The van der Waals surface area contributed by atoms with Gasteiger partial charge in [-0.1, -0.05) is 54.6 Å². The molecule has 0 aliphatic heterocycles. The zero-order valence-electron chi connectivity index (χ0n) is 17.8. The van der Waals surface area contributed by atoms with E-state index >= 15 is 0 Å². The summed E-state index contributed by atoms with van der Waals surface area (Å²) in [6.07, 6.45) is -0.887. The van der Waals surface area contributed by atoms with Gasteiger partial charge in [0.1, 0.15) is 11.5 Å². The highest BCUT2D eigenvalue weighted by Crippen LogP contribution is 2.29. The van der Waals surface area contributed by atoms with Crippen molar-refractivity contribution in [2.45, 2.75) is 19.4 Å². The van der Waals surface area contributed by atoms with E-state index in [0.717, 1.165) is 16.7 Å². The van der Waals surface area contributed by atoms with E-state index in [1.165, 1.54) is 21.1 Å². The summed E-state index contributed by atoms with van der Waals surface area (Å²) in [5.41, 5.74) is 3.42. The van der Waals surface area contributed by atoms with Crippen LogP contribution in [0.1, 0.15) is 12.5 Å². The molecule has 0 aliphatic rings. The minimum Gasteiger partial charge on any atom is -0.497 e. The quantitative estimate of drug-likeness (QED) is 0.545. The monoisotopic (exact) mass is 419 g/mol. The van der Waals surface area contributed by atoms with E-state index in [2.05, 4.69) is 5.32 Å². The van der Waals surface area contributed by atoms with Crippen molar-refractivity contribution in [3.05, 3.63) is 78.4 Å². The van der Waals surface area contributed by atoms with Crippen molar-refractivity contribution in [1.82, 2.24) is 0 Å². The standard InChI is InChI=1S/C25H25NO5/c1-17(25(28)26-22-16-21(29-2)13-14-23(22)30-3)31-24(27)15-18-9-11-20(12-10-18)19-7-5-4-6-8-19/h4-14,16-17H,15H2,1-3H3,(H,26,28). The number of hydrogen-bond acceptors (Lipinski definition) is 5. The fraction of sp³-hybridized carbons (Fsp3) is 0.200. The predicted molar refractivity (Wildman–Crippen MR) is 119 cm³/mol. The van der Waals surface area contributed by atoms with Crippen LogP contribution in [0.2, 0.25) is 0 Å². The Bertz CT molecular complexity index is 1030. The Morgan fingerprint density at radius 1 is 0.871 bits per heavy atom. The van der Waals surface area contributed by atoms with Crippen molar-refractivity contribution in [3.8, 4) is 22.6 Å². The zero-order valence-corrected chi connectivity index (χ0v) is 17.8. The van der Waals surface area contributed by atoms with E-state index in [9.17, 15) is 9.59 Å². The lowest BCUT2D eigenvalue weighted by atomic mass is 10.0. The fourth-order valence-electron chi connectivity index (χ4n) is 3.05. The highest BCUT2D eigenvalue weighted by atomic mass is 16.5. The van der Waals surface area contributed by atoms with E-state index in [1.807, 2.05) is 54.6 Å². The van der Waals surface area contributed by atoms with Gasteiger partial charge in [-0.25, -0.2) is 0 Å². The number of carbonyl (C=O) groups is 2. The third kappa shape index (κ3) is 5.85. The van der Waals surface area contributed by atoms with Crippen LogP contribution in [0.5, 0.6) is 11.5 Å². The van der Waals surface area contributed by atoms with Crippen molar-refractivity contribution in [1.29, 1.82) is 0 Å². The summed E-state index contributed by atoms with van der Waals surface area (Å²) >= 11 is 0. The molecule has 0 radical (unpaired) electrons. The molecule has 1 unspecified atom stereocenters. The van der Waals surface area contributed by atoms with Crippen molar-refractivity contribution in [2.75, 3.05) is 19.5 Å². The number of ether oxygens (including phenoxy) is 3. The molecule has 1 atom stereocenters. The third-order valence-corrected chi connectivity index (χ3v) is 4.75. The van der Waals surface area contributed by atoms with E-state index in [0.29, 0.717) is 17.2 Å². The van der Waals surface area contributed by atoms with E-state index in [1.54, 1.807) is 18.2 Å². The van der Waals surface area contributed by atoms with Gasteiger partial charge in [-0.2, -0.15) is 0 Å². The molecule has 6 heteroatoms. The average molecular weight is 419 g/mol. The average Bonchev–Trinajstić information content (AvgIpc) is 2.80. The second-order valence-corrected chi connectivity index (χ2v) is 6.93. The Labute approximate surface area is 181 Å². The molecule has 31 heavy (non-hydrogen) atoms. The molecule has 3 aromatic rings. The number of methoxy groups -OCH3 is 2. The van der Waals surface area contributed by atoms with Crippen LogP contribution in [0.3, 0.4) is 0 Å². The molecule has 160 valence electrons. The number of hydrogen-bond donors (Lipinski definition) is 1. The Kier molecular flexibility index (Phi) is 7.27. The lowest BCUT2D eigenvalue weighted by Gasteiger charge is -2.16. The van der Waals surface area contributed by atoms with Gasteiger partial charge in [-0.15, -0.1) is 0 Å². The van der Waals surface area contributed by atoms with Gasteiger partial charge in [0.15, 0.2) is 6.10 Å². The van der Waals surface area contributed by atoms with Crippen molar-refractivity contribution in [3.63, 3.8) is 0 Å². The van der Waals surface area contributed by atoms with Gasteiger partial charge >= 0.3 is 5.97 Å². The zero-order chi connectivity index (χ0) is 22.2. The van der Waals surface area contributed by atoms with E-state index in [-0.39, 0.29) is 6.42 Å². The smallest absolute Gasteiger partial charge is 0.311 e. The maximum Gasteiger partial charge on any atom is 0.311 e. The number of carbonyl (C=O) groups excluding carboxylic acids is 2. The van der Waals surface area contributed by atoms with Gasteiger partial charge in [0, 0.05) is 6.07 Å². The van der Waals surface area contributed by atoms with Crippen molar-refractivity contribution >= 4 is 17.6 Å². The molecule has 0 saturated carbocycles. The molecule has 0 heterocycles. The lowest BCUT2D eigenvalue weighted by molar-refractivity contribution is -0.152. The van der Waals surface area contributed by atoms with E-state index < -0.39 is 18.0 Å². The van der Waals surface area contributed by atoms with Gasteiger partial charge in [-0.3, -0.25) is 9.59 Å². The normalized spacial score (nSPS) is 11.3. The number of benzene rings is 3. The number of rotatable bonds is 8. The first-order valence-corrected chi connectivity index (χ1v) is 9.87. The highest BCUT2D eigenvalue weighted by molar-refractivity contribution is 5.96. The molecule has 0 aliphatic carbocycles. The molecule has 0 bridgehead atoms. The summed E-state index contributed by atoms with van der Waals surface area (Å²) in [5, 5.41) is 2.71. The largest absolute Gasteiger partial charge is 0.497 e. The van der Waals surface area contributed by atoms with Gasteiger partial charge in [0.05, 0.1) is 26.3 Å². The second-order valence-electron chi connectivity index (χ2n) is 6.93. The van der Waals surface area contributed by atoms with Gasteiger partial charge < -0.3 is 19.5 Å². The van der Waals surface area contributed by atoms with Crippen LogP contribution in [0, 0.1) is 0 Å². The first-order valence-electron chi connectivity index (χ1n) is 9.87. The Balaban J connectivity index is 1.57. The molecule has 6 nitrogen and oxygen atoms in total. The van der Waals surface area contributed by atoms with E-state index in [4.69, 9.17) is 14.2 Å². The molecule has 3 aromatic carbocycles. The van der Waals surface area contributed by atoms with Gasteiger partial charge in [0.25, 0.3) is 5.91 Å². The Morgan fingerprint density at radius 3 is 2.19 bits per heavy atom. The molecule has 0 saturated heterocycles. The summed E-state index contributed by atoms with van der Waals surface area (Å²) in [5.74, 6) is 0.109. The molecule has 0 spiro atoms. The summed E-state index contributed by atoms with van der Waals surface area (Å²) in [6.45, 7) is 1.53. The molecule has 0 fully saturated rings. The fourth-order valence-corrected chi connectivity index (χ4v) is 3.05. The minimum absolute atomic E-state index is 0.0785. The van der Waals surface area contributed by atoms with Crippen molar-refractivity contribution < 1.29 is 23.8 Å². The maximum atomic E-state index is 12.5. The summed E-state index contributed by atoms with van der Waals surface area (Å²) in [7, 11) is 3.04. The Hall–Kier alpha value is -3.80. The lowest BCUT2D eigenvalue weighted by Crippen LogP contribution is -2.30. The summed E-state index contributed by atoms with van der Waals surface area (Å²) in [6, 6.07) is 22.7. The first-order chi connectivity index (χ1) is 15.0. The molecule has 1 amide bonds. The number of esters is 1. The van der Waals surface area contributed by atoms with Crippen LogP contribution in [0.15, 0.2) is 72.8 Å². The van der Waals surface area contributed by atoms with Gasteiger partial charge in [0.2, 0.25) is 0 Å². The van der Waals surface area contributed by atoms with Crippen molar-refractivity contribution in [2.24, 2.45) is 0 Å². The maximum absolute atomic E-state index is 12.5. The first kappa shape index (κ1) is 21.9. The Morgan fingerprint density at radius 2 is 1.55 bits per heavy atom. The minimum atomic E-state index is -0.966. The number of amides is 1. The molecular weight excluding hydrogens is 394 g/mol. The predicted octanol–water partition coefficient (Wildman–Crippen LogP) is 4.48. The second kappa shape index (κ2) is 10.3. The third-order valence-electron chi connectivity index (χ3n) is 4.75. The highest BCUT2D eigenvalue weighted by Gasteiger charge is 2.20. The van der Waals surface area contributed by atoms with Gasteiger partial charge in [-0.05, 0) is 35.7 Å². The number of anilines is 1. The van der Waals surface area contributed by atoms with Crippen LogP contribution in [0.25, 0.3) is 11.1 Å². The molecular formula is C25H25NO5. The molecule has 0 aromatic heterocycles. The topological polar surface area (TPSA) is 73.9 Å². The van der Waals surface area contributed by atoms with Crippen LogP contribution >= 0.6 is 0 Å². The number of nitrogens with one attached hydrogen (secondary N) is 1. The summed E-state index contributed by atoms with van der Waals surface area (Å²) < 4.78 is 15.7. The van der Waals surface area contributed by atoms with Crippen LogP contribution in [-0.4, -0.2) is 32.2 Å². The van der Waals surface area contributed by atoms with Crippen LogP contribution < -0.4 is 14.8 Å². The van der Waals surface area contributed by atoms with Crippen LogP contribution in [-0.2, 0) is 20.7 Å².